The lowest BCUT2D eigenvalue weighted by atomic mass is 10.1. The van der Waals surface area contributed by atoms with Gasteiger partial charge < -0.3 is 4.74 Å². The Morgan fingerprint density at radius 2 is 1.55 bits per heavy atom. The molecule has 22 heavy (non-hydrogen) atoms. The molecule has 0 aliphatic carbocycles. The van der Waals surface area contributed by atoms with E-state index in [1.54, 1.807) is 12.1 Å². The zero-order chi connectivity index (χ0) is 15.8. The molecule has 0 saturated heterocycles. The molecule has 4 heteroatoms. The number of aromatic nitrogens is 1. The van der Waals surface area contributed by atoms with Crippen molar-refractivity contribution < 1.29 is 18.9 Å². The molecule has 0 fully saturated rings. The SMILES string of the molecule is COC(=O)CC[n+]1ccc(C=Cc2ccc(C=O)cc2)cc1. The predicted molar refractivity (Wildman–Crippen MR) is 84.0 cm³/mol. The molecule has 0 aliphatic heterocycles. The number of hydrogen-bond donors (Lipinski definition) is 0. The maximum Gasteiger partial charge on any atom is 0.311 e. The van der Waals surface area contributed by atoms with Crippen molar-refractivity contribution >= 4 is 24.4 Å². The molecule has 0 atom stereocenters. The minimum absolute atomic E-state index is 0.213. The lowest BCUT2D eigenvalue weighted by Crippen LogP contribution is -2.33. The molecule has 0 N–H and O–H groups in total. The van der Waals surface area contributed by atoms with E-state index in [4.69, 9.17) is 0 Å². The van der Waals surface area contributed by atoms with E-state index >= 15 is 0 Å². The van der Waals surface area contributed by atoms with Crippen LogP contribution in [0.15, 0.2) is 48.8 Å². The maximum atomic E-state index is 11.1. The van der Waals surface area contributed by atoms with Gasteiger partial charge in [-0.2, -0.15) is 0 Å². The second-order valence-corrected chi connectivity index (χ2v) is 4.81. The molecule has 1 aromatic heterocycles. The van der Waals surface area contributed by atoms with Crippen LogP contribution in [0.5, 0.6) is 0 Å². The quantitative estimate of drug-likeness (QED) is 0.467. The van der Waals surface area contributed by atoms with E-state index in [0.29, 0.717) is 18.5 Å². The molecular formula is C18H18NO3+. The first kappa shape index (κ1) is 15.6. The van der Waals surface area contributed by atoms with Gasteiger partial charge in [0.2, 0.25) is 0 Å². The maximum absolute atomic E-state index is 11.1. The van der Waals surface area contributed by atoms with Crippen LogP contribution in [0.4, 0.5) is 0 Å². The third-order valence-corrected chi connectivity index (χ3v) is 3.26. The van der Waals surface area contributed by atoms with Crippen LogP contribution >= 0.6 is 0 Å². The highest BCUT2D eigenvalue weighted by Gasteiger charge is 2.05. The normalized spacial score (nSPS) is 10.6. The van der Waals surface area contributed by atoms with Crippen LogP contribution in [0.25, 0.3) is 12.2 Å². The van der Waals surface area contributed by atoms with Crippen LogP contribution in [0.1, 0.15) is 27.9 Å². The molecule has 0 amide bonds. The number of carbonyl (C=O) groups is 2. The molecule has 4 nitrogen and oxygen atoms in total. The number of aryl methyl sites for hydroxylation is 1. The van der Waals surface area contributed by atoms with Crippen molar-refractivity contribution in [1.82, 2.24) is 0 Å². The molecule has 0 spiro atoms. The lowest BCUT2D eigenvalue weighted by molar-refractivity contribution is -0.696. The summed E-state index contributed by atoms with van der Waals surface area (Å²) in [5.74, 6) is -0.213. The number of esters is 1. The Bertz CT molecular complexity index is 658. The van der Waals surface area contributed by atoms with Crippen molar-refractivity contribution in [3.8, 4) is 0 Å². The van der Waals surface area contributed by atoms with E-state index in [0.717, 1.165) is 17.4 Å². The molecular weight excluding hydrogens is 278 g/mol. The van der Waals surface area contributed by atoms with Crippen molar-refractivity contribution in [3.05, 3.63) is 65.5 Å². The summed E-state index contributed by atoms with van der Waals surface area (Å²) in [6, 6.07) is 11.3. The third kappa shape index (κ3) is 4.66. The van der Waals surface area contributed by atoms with E-state index < -0.39 is 0 Å². The van der Waals surface area contributed by atoms with Gasteiger partial charge in [-0.1, -0.05) is 36.4 Å². The molecule has 0 bridgehead atoms. The zero-order valence-electron chi connectivity index (χ0n) is 12.4. The van der Waals surface area contributed by atoms with E-state index in [1.165, 1.54) is 7.11 Å². The van der Waals surface area contributed by atoms with Crippen LogP contribution in [0.3, 0.4) is 0 Å². The summed E-state index contributed by atoms with van der Waals surface area (Å²) >= 11 is 0. The molecule has 112 valence electrons. The largest absolute Gasteiger partial charge is 0.469 e. The first-order chi connectivity index (χ1) is 10.7. The number of benzene rings is 1. The number of aldehydes is 1. The van der Waals surface area contributed by atoms with Crippen molar-refractivity contribution in [3.63, 3.8) is 0 Å². The van der Waals surface area contributed by atoms with Crippen LogP contribution < -0.4 is 4.57 Å². The van der Waals surface area contributed by atoms with Crippen LogP contribution in [0, 0.1) is 0 Å². The van der Waals surface area contributed by atoms with E-state index in [-0.39, 0.29) is 5.97 Å². The molecule has 0 aliphatic rings. The third-order valence-electron chi connectivity index (χ3n) is 3.26. The monoisotopic (exact) mass is 296 g/mol. The first-order valence-corrected chi connectivity index (χ1v) is 7.00. The predicted octanol–water partition coefficient (Wildman–Crippen LogP) is 2.52. The second kappa shape index (κ2) is 7.88. The fourth-order valence-corrected chi connectivity index (χ4v) is 1.93. The number of methoxy groups -OCH3 is 1. The van der Waals surface area contributed by atoms with Crippen LogP contribution in [0.2, 0.25) is 0 Å². The Morgan fingerprint density at radius 3 is 2.09 bits per heavy atom. The summed E-state index contributed by atoms with van der Waals surface area (Å²) in [5, 5.41) is 0. The van der Waals surface area contributed by atoms with Crippen molar-refractivity contribution in [1.29, 1.82) is 0 Å². The number of ether oxygens (including phenoxy) is 1. The van der Waals surface area contributed by atoms with Gasteiger partial charge in [0.05, 0.1) is 7.11 Å². The highest BCUT2D eigenvalue weighted by atomic mass is 16.5. The standard InChI is InChI=1S/C18H18NO3/c1-22-18(21)10-13-19-11-8-16(9-12-19)3-2-15-4-6-17(14-20)7-5-15/h2-9,11-12,14H,10,13H2,1H3/q+1. The summed E-state index contributed by atoms with van der Waals surface area (Å²) in [5.41, 5.74) is 2.77. The van der Waals surface area contributed by atoms with Crippen LogP contribution in [-0.4, -0.2) is 19.4 Å². The van der Waals surface area contributed by atoms with E-state index in [2.05, 4.69) is 4.74 Å². The van der Waals surface area contributed by atoms with Gasteiger partial charge in [0.25, 0.3) is 0 Å². The van der Waals surface area contributed by atoms with Gasteiger partial charge in [-0.25, -0.2) is 4.57 Å². The number of pyridine rings is 1. The van der Waals surface area contributed by atoms with E-state index in [9.17, 15) is 9.59 Å². The Balaban J connectivity index is 1.96. The molecule has 0 radical (unpaired) electrons. The Labute approximate surface area is 129 Å². The fraction of sp³-hybridized carbons (Fsp3) is 0.167. The van der Waals surface area contributed by atoms with Gasteiger partial charge in [-0.3, -0.25) is 9.59 Å². The van der Waals surface area contributed by atoms with Crippen LogP contribution in [-0.2, 0) is 16.1 Å². The fourth-order valence-electron chi connectivity index (χ4n) is 1.93. The second-order valence-electron chi connectivity index (χ2n) is 4.81. The van der Waals surface area contributed by atoms with Crippen molar-refractivity contribution in [2.24, 2.45) is 0 Å². The number of nitrogens with zero attached hydrogens (tertiary/aromatic N) is 1. The first-order valence-electron chi connectivity index (χ1n) is 7.00. The Morgan fingerprint density at radius 1 is 1.00 bits per heavy atom. The Hall–Kier alpha value is -2.75. The van der Waals surface area contributed by atoms with Gasteiger partial charge in [0, 0.05) is 17.7 Å². The highest BCUT2D eigenvalue weighted by molar-refractivity contribution is 5.76. The molecule has 2 rings (SSSR count). The highest BCUT2D eigenvalue weighted by Crippen LogP contribution is 2.08. The summed E-state index contributed by atoms with van der Waals surface area (Å²) < 4.78 is 6.55. The molecule has 2 aromatic rings. The van der Waals surface area contributed by atoms with Crippen molar-refractivity contribution in [2.75, 3.05) is 7.11 Å². The summed E-state index contributed by atoms with van der Waals surface area (Å²) in [6.07, 6.45) is 9.04. The average Bonchev–Trinajstić information content (AvgIpc) is 2.59. The summed E-state index contributed by atoms with van der Waals surface area (Å²) in [7, 11) is 1.39. The average molecular weight is 296 g/mol. The van der Waals surface area contributed by atoms with Gasteiger partial charge >= 0.3 is 5.97 Å². The van der Waals surface area contributed by atoms with Gasteiger partial charge in [0.15, 0.2) is 18.9 Å². The van der Waals surface area contributed by atoms with Gasteiger partial charge in [0.1, 0.15) is 12.7 Å². The Kier molecular flexibility index (Phi) is 5.60. The minimum Gasteiger partial charge on any atom is -0.469 e. The molecule has 1 aromatic carbocycles. The zero-order valence-corrected chi connectivity index (χ0v) is 12.4. The number of rotatable bonds is 6. The summed E-state index contributed by atoms with van der Waals surface area (Å²) in [4.78, 5) is 21.7. The summed E-state index contributed by atoms with van der Waals surface area (Å²) in [6.45, 7) is 0.601. The van der Waals surface area contributed by atoms with Gasteiger partial charge in [-0.15, -0.1) is 0 Å². The minimum atomic E-state index is -0.213. The lowest BCUT2D eigenvalue weighted by Gasteiger charge is -1.98. The topological polar surface area (TPSA) is 47.2 Å². The van der Waals surface area contributed by atoms with E-state index in [1.807, 2.05) is 53.4 Å². The van der Waals surface area contributed by atoms with Crippen molar-refractivity contribution in [2.45, 2.75) is 13.0 Å². The van der Waals surface area contributed by atoms with Gasteiger partial charge in [-0.05, 0) is 11.1 Å². The molecule has 0 saturated carbocycles. The number of carbonyl (C=O) groups excluding carboxylic acids is 2. The molecule has 1 heterocycles. The molecule has 0 unspecified atom stereocenters. The smallest absolute Gasteiger partial charge is 0.311 e. The number of hydrogen-bond acceptors (Lipinski definition) is 3.